The molecule has 2 heterocycles. The van der Waals surface area contributed by atoms with E-state index in [0.29, 0.717) is 0 Å². The number of nitrogens with zero attached hydrogens (tertiary/aromatic N) is 1. The van der Waals surface area contributed by atoms with E-state index in [1.807, 2.05) is 12.3 Å². The molecular weight excluding hydrogens is 281 g/mol. The first-order valence-electron chi connectivity index (χ1n) is 5.19. The Kier molecular flexibility index (Phi) is 7.70. The highest BCUT2D eigenvalue weighted by Gasteiger charge is 2.21. The largest absolute Gasteiger partial charge is 0.317 e. The van der Waals surface area contributed by atoms with Gasteiger partial charge in [-0.15, -0.1) is 36.2 Å². The minimum atomic E-state index is 0. The van der Waals surface area contributed by atoms with Crippen LogP contribution in [0, 0.1) is 12.8 Å². The second kappa shape index (κ2) is 7.87. The van der Waals surface area contributed by atoms with Crippen molar-refractivity contribution in [2.45, 2.75) is 19.8 Å². The van der Waals surface area contributed by atoms with Crippen molar-refractivity contribution < 1.29 is 4.79 Å². The summed E-state index contributed by atoms with van der Waals surface area (Å²) in [7, 11) is 0. The number of aromatic nitrogens is 1. The molecule has 1 fully saturated rings. The molecule has 0 unspecified atom stereocenters. The molecule has 2 rings (SSSR count). The normalized spacial score (nSPS) is 15.6. The van der Waals surface area contributed by atoms with Gasteiger partial charge in [0.1, 0.15) is 0 Å². The van der Waals surface area contributed by atoms with Crippen LogP contribution in [0.2, 0.25) is 0 Å². The number of anilines is 1. The maximum absolute atomic E-state index is 11.8. The second-order valence-corrected chi connectivity index (χ2v) is 4.67. The van der Waals surface area contributed by atoms with Crippen molar-refractivity contribution in [3.05, 3.63) is 11.1 Å². The zero-order valence-corrected chi connectivity index (χ0v) is 12.0. The maximum atomic E-state index is 11.8. The van der Waals surface area contributed by atoms with Crippen molar-refractivity contribution in [1.29, 1.82) is 0 Å². The number of hydrogen-bond acceptors (Lipinski definition) is 4. The minimum absolute atomic E-state index is 0. The number of amides is 1. The number of thiazole rings is 1. The van der Waals surface area contributed by atoms with E-state index >= 15 is 0 Å². The number of aryl methyl sites for hydroxylation is 1. The van der Waals surface area contributed by atoms with Gasteiger partial charge in [0.2, 0.25) is 5.91 Å². The van der Waals surface area contributed by atoms with Gasteiger partial charge in [0.05, 0.1) is 5.69 Å². The summed E-state index contributed by atoms with van der Waals surface area (Å²) in [6.07, 6.45) is 1.85. The number of nitrogens with one attached hydrogen (secondary N) is 2. The van der Waals surface area contributed by atoms with Crippen molar-refractivity contribution in [1.82, 2.24) is 10.3 Å². The molecule has 1 aromatic heterocycles. The SMILES string of the molecule is Cc1csc(NC(=O)C2CCNCC2)n1.Cl.Cl. The van der Waals surface area contributed by atoms with Crippen molar-refractivity contribution in [2.75, 3.05) is 18.4 Å². The summed E-state index contributed by atoms with van der Waals surface area (Å²) in [6.45, 7) is 3.81. The molecule has 1 saturated heterocycles. The lowest BCUT2D eigenvalue weighted by atomic mass is 9.97. The van der Waals surface area contributed by atoms with Crippen LogP contribution in [0.15, 0.2) is 5.38 Å². The molecule has 17 heavy (non-hydrogen) atoms. The van der Waals surface area contributed by atoms with Crippen LogP contribution in [0.25, 0.3) is 0 Å². The topological polar surface area (TPSA) is 54.0 Å². The van der Waals surface area contributed by atoms with Crippen LogP contribution in [0.3, 0.4) is 0 Å². The Balaban J connectivity index is 0.00000128. The predicted octanol–water partition coefficient (Wildman–Crippen LogP) is 2.23. The fourth-order valence-electron chi connectivity index (χ4n) is 1.70. The van der Waals surface area contributed by atoms with Crippen LogP contribution in [0.5, 0.6) is 0 Å². The Morgan fingerprint density at radius 1 is 1.47 bits per heavy atom. The van der Waals surface area contributed by atoms with E-state index in [4.69, 9.17) is 0 Å². The Labute approximate surface area is 117 Å². The highest BCUT2D eigenvalue weighted by Crippen LogP contribution is 2.18. The molecule has 0 aromatic carbocycles. The summed E-state index contributed by atoms with van der Waals surface area (Å²) in [5.74, 6) is 0.265. The highest BCUT2D eigenvalue weighted by atomic mass is 35.5. The van der Waals surface area contributed by atoms with Crippen LogP contribution < -0.4 is 10.6 Å². The molecular formula is C10H17Cl2N3OS. The van der Waals surface area contributed by atoms with Gasteiger partial charge < -0.3 is 10.6 Å². The first-order chi connectivity index (χ1) is 7.25. The lowest BCUT2D eigenvalue weighted by molar-refractivity contribution is -0.120. The van der Waals surface area contributed by atoms with Gasteiger partial charge in [0.15, 0.2) is 5.13 Å². The monoisotopic (exact) mass is 297 g/mol. The van der Waals surface area contributed by atoms with Crippen LogP contribution >= 0.6 is 36.2 Å². The molecule has 7 heteroatoms. The van der Waals surface area contributed by atoms with E-state index in [2.05, 4.69) is 15.6 Å². The number of halogens is 2. The summed E-state index contributed by atoms with van der Waals surface area (Å²) in [5.41, 5.74) is 0.959. The average Bonchev–Trinajstić information content (AvgIpc) is 2.65. The van der Waals surface area contributed by atoms with Gasteiger partial charge in [0, 0.05) is 11.3 Å². The molecule has 4 nitrogen and oxygen atoms in total. The summed E-state index contributed by atoms with van der Waals surface area (Å²) >= 11 is 1.48. The zero-order valence-electron chi connectivity index (χ0n) is 9.56. The molecule has 0 saturated carbocycles. The quantitative estimate of drug-likeness (QED) is 0.880. The number of piperidine rings is 1. The fraction of sp³-hybridized carbons (Fsp3) is 0.600. The second-order valence-electron chi connectivity index (χ2n) is 3.81. The first kappa shape index (κ1) is 16.6. The molecule has 0 atom stereocenters. The minimum Gasteiger partial charge on any atom is -0.317 e. The van der Waals surface area contributed by atoms with Crippen molar-refractivity contribution in [2.24, 2.45) is 5.92 Å². The van der Waals surface area contributed by atoms with Gasteiger partial charge in [0.25, 0.3) is 0 Å². The third kappa shape index (κ3) is 4.79. The van der Waals surface area contributed by atoms with Crippen LogP contribution in [0.4, 0.5) is 5.13 Å². The van der Waals surface area contributed by atoms with E-state index in [9.17, 15) is 4.79 Å². The molecule has 0 bridgehead atoms. The number of hydrogen-bond donors (Lipinski definition) is 2. The smallest absolute Gasteiger partial charge is 0.229 e. The molecule has 0 radical (unpaired) electrons. The standard InChI is InChI=1S/C10H15N3OS.2ClH/c1-7-6-15-10(12-7)13-9(14)8-2-4-11-5-3-8;;/h6,8,11H,2-5H2,1H3,(H,12,13,14);2*1H. The Bertz CT molecular complexity index is 353. The molecule has 2 N–H and O–H groups in total. The number of carbonyl (C=O) groups excluding carboxylic acids is 1. The zero-order chi connectivity index (χ0) is 10.7. The van der Waals surface area contributed by atoms with Crippen molar-refractivity contribution in [3.63, 3.8) is 0 Å². The Morgan fingerprint density at radius 3 is 2.65 bits per heavy atom. The van der Waals surface area contributed by atoms with Crippen molar-refractivity contribution in [3.8, 4) is 0 Å². The van der Waals surface area contributed by atoms with Gasteiger partial charge in [-0.05, 0) is 32.9 Å². The summed E-state index contributed by atoms with van der Waals surface area (Å²) in [6, 6.07) is 0. The summed E-state index contributed by atoms with van der Waals surface area (Å²) in [4.78, 5) is 16.0. The molecule has 1 aromatic rings. The van der Waals surface area contributed by atoms with E-state index in [0.717, 1.165) is 36.8 Å². The van der Waals surface area contributed by atoms with Gasteiger partial charge in [-0.25, -0.2) is 4.98 Å². The number of carbonyl (C=O) groups is 1. The van der Waals surface area contributed by atoms with Crippen LogP contribution in [0.1, 0.15) is 18.5 Å². The molecule has 1 aliphatic rings. The molecule has 1 amide bonds. The van der Waals surface area contributed by atoms with E-state index in [-0.39, 0.29) is 36.6 Å². The molecule has 0 spiro atoms. The average molecular weight is 298 g/mol. The highest BCUT2D eigenvalue weighted by molar-refractivity contribution is 7.13. The van der Waals surface area contributed by atoms with Crippen molar-refractivity contribution >= 4 is 47.2 Å². The lowest BCUT2D eigenvalue weighted by Crippen LogP contribution is -2.34. The van der Waals surface area contributed by atoms with Crippen LogP contribution in [-0.4, -0.2) is 24.0 Å². The van der Waals surface area contributed by atoms with Gasteiger partial charge in [-0.2, -0.15) is 0 Å². The van der Waals surface area contributed by atoms with Gasteiger partial charge in [-0.1, -0.05) is 0 Å². The third-order valence-corrected chi connectivity index (χ3v) is 3.43. The third-order valence-electron chi connectivity index (χ3n) is 2.56. The molecule has 1 aliphatic heterocycles. The van der Waals surface area contributed by atoms with E-state index < -0.39 is 0 Å². The fourth-order valence-corrected chi connectivity index (χ4v) is 2.39. The van der Waals surface area contributed by atoms with E-state index in [1.165, 1.54) is 11.3 Å². The Hall–Kier alpha value is -0.360. The van der Waals surface area contributed by atoms with E-state index in [1.54, 1.807) is 0 Å². The van der Waals surface area contributed by atoms with Crippen LogP contribution in [-0.2, 0) is 4.79 Å². The van der Waals surface area contributed by atoms with Gasteiger partial charge >= 0.3 is 0 Å². The summed E-state index contributed by atoms with van der Waals surface area (Å²) in [5, 5.41) is 8.78. The molecule has 0 aliphatic carbocycles. The first-order valence-corrected chi connectivity index (χ1v) is 6.07. The Morgan fingerprint density at radius 2 is 2.12 bits per heavy atom. The predicted molar refractivity (Wildman–Crippen MR) is 75.6 cm³/mol. The summed E-state index contributed by atoms with van der Waals surface area (Å²) < 4.78 is 0. The molecule has 98 valence electrons. The maximum Gasteiger partial charge on any atom is 0.229 e. The number of rotatable bonds is 2. The lowest BCUT2D eigenvalue weighted by Gasteiger charge is -2.20. The van der Waals surface area contributed by atoms with Gasteiger partial charge in [-0.3, -0.25) is 4.79 Å².